The number of methoxy groups -OCH3 is 2. The summed E-state index contributed by atoms with van der Waals surface area (Å²) in [6.07, 6.45) is -10.1. The summed E-state index contributed by atoms with van der Waals surface area (Å²) in [4.78, 5) is 66.4. The van der Waals surface area contributed by atoms with Crippen molar-refractivity contribution in [2.45, 2.75) is 188 Å². The Bertz CT molecular complexity index is 1440. The Morgan fingerprint density at radius 3 is 1.95 bits per heavy atom. The number of ether oxygens (including phenoxy) is 9. The summed E-state index contributed by atoms with van der Waals surface area (Å²) >= 11 is 0. The lowest BCUT2D eigenvalue weighted by atomic mass is 9.74. The van der Waals surface area contributed by atoms with E-state index in [2.05, 4.69) is 0 Å². The molecule has 334 valence electrons. The fraction of sp³-hybridized carbons (Fsp3) is 0.881. The molecule has 0 aromatic carbocycles. The Hall–Kier alpha value is -2.57. The van der Waals surface area contributed by atoms with Crippen molar-refractivity contribution in [1.29, 1.82) is 0 Å². The Morgan fingerprint density at radius 1 is 0.810 bits per heavy atom. The van der Waals surface area contributed by atoms with E-state index in [0.29, 0.717) is 6.42 Å². The Kier molecular flexibility index (Phi) is 17.5. The number of hydrogen-bond donors (Lipinski definition) is 2. The van der Waals surface area contributed by atoms with E-state index in [0.717, 1.165) is 0 Å². The molecule has 58 heavy (non-hydrogen) atoms. The van der Waals surface area contributed by atoms with Gasteiger partial charge in [-0.3, -0.25) is 24.0 Å². The summed E-state index contributed by atoms with van der Waals surface area (Å²) in [5.41, 5.74) is -3.08. The van der Waals surface area contributed by atoms with Crippen molar-refractivity contribution in [1.82, 2.24) is 0 Å². The van der Waals surface area contributed by atoms with Gasteiger partial charge in [-0.1, -0.05) is 34.6 Å². The van der Waals surface area contributed by atoms with Gasteiger partial charge in [-0.15, -0.1) is 0 Å². The van der Waals surface area contributed by atoms with E-state index in [1.807, 2.05) is 6.92 Å². The van der Waals surface area contributed by atoms with Crippen LogP contribution in [0.1, 0.15) is 109 Å². The largest absolute Gasteiger partial charge is 0.461 e. The van der Waals surface area contributed by atoms with Crippen molar-refractivity contribution in [2.75, 3.05) is 14.2 Å². The number of carbonyl (C=O) groups excluding carboxylic acids is 5. The number of Topliss-reactive ketones (excluding diaryl/α,β-unsaturated/α-hetero) is 2. The molecule has 16 nitrogen and oxygen atoms in total. The standard InChI is InChI=1S/C42H70O16/c1-19-17-41(12,49)37(47)24(6)35(54-28(10)44)23(5)34(21(3)26(8)43)57-39(48)25(7)36(22(4)33(19)58-40-32(46)30(50-14)16-20(2)52-40)56-31-18-42(13,51-15)38(27(9)53-31)55-29(11)45/h19-25,27,30-36,38,40,46,49H,16-18H2,1-15H3. The van der Waals surface area contributed by atoms with E-state index in [1.54, 1.807) is 48.5 Å². The van der Waals surface area contributed by atoms with Crippen molar-refractivity contribution in [2.24, 2.45) is 35.5 Å². The number of hydrogen-bond acceptors (Lipinski definition) is 16. The second kappa shape index (κ2) is 20.3. The van der Waals surface area contributed by atoms with E-state index >= 15 is 0 Å². The molecule has 2 N–H and O–H groups in total. The van der Waals surface area contributed by atoms with Gasteiger partial charge in [0.25, 0.3) is 0 Å². The monoisotopic (exact) mass is 830 g/mol. The van der Waals surface area contributed by atoms with Crippen LogP contribution in [0, 0.1) is 35.5 Å². The number of esters is 3. The highest BCUT2D eigenvalue weighted by molar-refractivity contribution is 5.89. The first kappa shape index (κ1) is 49.8. The zero-order chi connectivity index (χ0) is 44.2. The molecule has 3 saturated heterocycles. The van der Waals surface area contributed by atoms with Gasteiger partial charge in [-0.2, -0.15) is 0 Å². The first-order chi connectivity index (χ1) is 26.8. The topological polar surface area (TPSA) is 209 Å². The van der Waals surface area contributed by atoms with Crippen LogP contribution in [0.2, 0.25) is 0 Å². The zero-order valence-corrected chi connectivity index (χ0v) is 37.0. The highest BCUT2D eigenvalue weighted by Gasteiger charge is 2.53. The molecule has 3 heterocycles. The van der Waals surface area contributed by atoms with E-state index in [1.165, 1.54) is 48.8 Å². The predicted octanol–water partition coefficient (Wildman–Crippen LogP) is 3.71. The number of aliphatic hydroxyl groups is 2. The minimum absolute atomic E-state index is 0.0710. The molecule has 0 aromatic rings. The van der Waals surface area contributed by atoms with Crippen LogP contribution in [0.5, 0.6) is 0 Å². The number of carbonyl (C=O) groups is 5. The van der Waals surface area contributed by atoms with E-state index in [-0.39, 0.29) is 24.7 Å². The third-order valence-corrected chi connectivity index (χ3v) is 12.6. The molecule has 16 heteroatoms. The molecular formula is C42H70O16. The maximum Gasteiger partial charge on any atom is 0.311 e. The molecule has 0 bridgehead atoms. The lowest BCUT2D eigenvalue weighted by Crippen LogP contribution is -2.59. The van der Waals surface area contributed by atoms with Gasteiger partial charge >= 0.3 is 17.9 Å². The fourth-order valence-corrected chi connectivity index (χ4v) is 9.13. The third kappa shape index (κ3) is 11.6. The molecule has 3 fully saturated rings. The molecule has 0 amide bonds. The average Bonchev–Trinajstić information content (AvgIpc) is 3.13. The molecule has 0 saturated carbocycles. The van der Waals surface area contributed by atoms with E-state index in [9.17, 15) is 34.2 Å². The molecular weight excluding hydrogens is 760 g/mol. The first-order valence-electron chi connectivity index (χ1n) is 20.5. The van der Waals surface area contributed by atoms with Crippen LogP contribution in [0.4, 0.5) is 0 Å². The molecule has 0 spiro atoms. The second-order valence-electron chi connectivity index (χ2n) is 17.5. The Labute approximate surface area is 343 Å². The van der Waals surface area contributed by atoms with E-state index < -0.39 is 132 Å². The molecule has 19 atom stereocenters. The summed E-state index contributed by atoms with van der Waals surface area (Å²) in [6.45, 7) is 20.4. The summed E-state index contributed by atoms with van der Waals surface area (Å²) < 4.78 is 54.9. The van der Waals surface area contributed by atoms with Crippen molar-refractivity contribution >= 4 is 29.5 Å². The maximum absolute atomic E-state index is 14.5. The van der Waals surface area contributed by atoms with Gasteiger partial charge in [-0.25, -0.2) is 0 Å². The first-order valence-corrected chi connectivity index (χ1v) is 20.5. The van der Waals surface area contributed by atoms with Gasteiger partial charge in [0.2, 0.25) is 0 Å². The molecule has 19 unspecified atom stereocenters. The quantitative estimate of drug-likeness (QED) is 0.238. The summed E-state index contributed by atoms with van der Waals surface area (Å²) in [5.74, 6) is -8.34. The smallest absolute Gasteiger partial charge is 0.311 e. The maximum atomic E-state index is 14.5. The summed E-state index contributed by atoms with van der Waals surface area (Å²) in [5, 5.41) is 23.4. The molecule has 0 radical (unpaired) electrons. The van der Waals surface area contributed by atoms with Crippen molar-refractivity contribution in [3.05, 3.63) is 0 Å². The highest BCUT2D eigenvalue weighted by Crippen LogP contribution is 2.41. The van der Waals surface area contributed by atoms with Crippen molar-refractivity contribution in [3.63, 3.8) is 0 Å². The van der Waals surface area contributed by atoms with Crippen LogP contribution in [0.15, 0.2) is 0 Å². The van der Waals surface area contributed by atoms with Gasteiger partial charge in [0.15, 0.2) is 24.5 Å². The Morgan fingerprint density at radius 2 is 1.41 bits per heavy atom. The molecule has 3 aliphatic rings. The van der Waals surface area contributed by atoms with Gasteiger partial charge in [0.1, 0.15) is 35.3 Å². The minimum atomic E-state index is -2.01. The van der Waals surface area contributed by atoms with Crippen LogP contribution in [0.25, 0.3) is 0 Å². The summed E-state index contributed by atoms with van der Waals surface area (Å²) in [6, 6.07) is 0. The highest BCUT2D eigenvalue weighted by atomic mass is 16.7. The van der Waals surface area contributed by atoms with Crippen LogP contribution >= 0.6 is 0 Å². The van der Waals surface area contributed by atoms with Crippen molar-refractivity contribution in [3.8, 4) is 0 Å². The molecule has 0 aromatic heterocycles. The lowest BCUT2D eigenvalue weighted by molar-refractivity contribution is -0.313. The van der Waals surface area contributed by atoms with Crippen LogP contribution in [-0.2, 0) is 66.6 Å². The number of cyclic esters (lactones) is 1. The Balaban J connectivity index is 2.25. The summed E-state index contributed by atoms with van der Waals surface area (Å²) in [7, 11) is 2.96. The predicted molar refractivity (Wildman–Crippen MR) is 207 cm³/mol. The number of aliphatic hydroxyl groups excluding tert-OH is 1. The minimum Gasteiger partial charge on any atom is -0.461 e. The zero-order valence-electron chi connectivity index (χ0n) is 37.0. The SMILES string of the molecule is COC1CC(C)OC(OC2C(C)CC(C)(O)C(=O)C(C)C(OC(C)=O)C(C)C(C(C)C(C)=O)OC(=O)C(C)C(OC3CC(C)(OC)C(OC(C)=O)C(C)O3)C2C)C1O. The van der Waals surface area contributed by atoms with Gasteiger partial charge in [0, 0.05) is 52.7 Å². The van der Waals surface area contributed by atoms with Gasteiger partial charge in [-0.05, 0) is 53.9 Å². The second-order valence-corrected chi connectivity index (χ2v) is 17.5. The number of ketones is 2. The van der Waals surface area contributed by atoms with Gasteiger partial charge in [0.05, 0.1) is 48.3 Å². The van der Waals surface area contributed by atoms with Crippen LogP contribution < -0.4 is 0 Å². The van der Waals surface area contributed by atoms with Crippen LogP contribution in [0.3, 0.4) is 0 Å². The van der Waals surface area contributed by atoms with Crippen LogP contribution in [-0.4, -0.2) is 133 Å². The average molecular weight is 831 g/mol. The lowest BCUT2D eigenvalue weighted by Gasteiger charge is -2.48. The third-order valence-electron chi connectivity index (χ3n) is 12.6. The molecule has 3 aliphatic heterocycles. The fourth-order valence-electron chi connectivity index (χ4n) is 9.13. The molecule has 0 aliphatic carbocycles. The van der Waals surface area contributed by atoms with Gasteiger partial charge < -0.3 is 52.8 Å². The molecule has 3 rings (SSSR count). The number of rotatable bonds is 10. The van der Waals surface area contributed by atoms with Crippen molar-refractivity contribution < 1.29 is 76.8 Å². The van der Waals surface area contributed by atoms with E-state index in [4.69, 9.17) is 42.6 Å². The normalized spacial score (nSPS) is 44.0.